The van der Waals surface area contributed by atoms with Crippen molar-refractivity contribution in [3.63, 3.8) is 0 Å². The first-order valence-electron chi connectivity index (χ1n) is 7.97. The number of aromatic carboxylic acids is 1. The smallest absolute Gasteiger partial charge is 0.335 e. The van der Waals surface area contributed by atoms with E-state index in [0.717, 1.165) is 24.4 Å². The molecule has 0 unspecified atom stereocenters. The molecule has 3 N–H and O–H groups in total. The molecule has 0 radical (unpaired) electrons. The molecule has 0 fully saturated rings. The van der Waals surface area contributed by atoms with Crippen molar-refractivity contribution >= 4 is 11.7 Å². The van der Waals surface area contributed by atoms with Gasteiger partial charge in [-0.05, 0) is 54.9 Å². The number of benzene rings is 1. The Morgan fingerprint density at radius 3 is 2.45 bits per heavy atom. The van der Waals surface area contributed by atoms with E-state index in [-0.39, 0.29) is 0 Å². The Labute approximate surface area is 132 Å². The average molecular weight is 302 g/mol. The number of anilines is 1. The van der Waals surface area contributed by atoms with Crippen molar-refractivity contribution in [1.82, 2.24) is 5.43 Å². The molecule has 0 aromatic heterocycles. The molecule has 120 valence electrons. The molecule has 0 spiro atoms. The van der Waals surface area contributed by atoms with Gasteiger partial charge in [0.2, 0.25) is 0 Å². The van der Waals surface area contributed by atoms with Gasteiger partial charge in [-0.3, -0.25) is 0 Å². The average Bonchev–Trinajstić information content (AvgIpc) is 2.53. The lowest BCUT2D eigenvalue weighted by Gasteiger charge is -2.35. The van der Waals surface area contributed by atoms with Crippen LogP contribution in [0.15, 0.2) is 36.0 Å². The van der Waals surface area contributed by atoms with Crippen molar-refractivity contribution in [2.24, 2.45) is 11.3 Å². The molecule has 0 saturated heterocycles. The zero-order chi connectivity index (χ0) is 16.2. The summed E-state index contributed by atoms with van der Waals surface area (Å²) in [6, 6.07) is 6.73. The number of carbonyl (C=O) groups is 1. The van der Waals surface area contributed by atoms with E-state index in [4.69, 9.17) is 5.11 Å². The van der Waals surface area contributed by atoms with E-state index < -0.39 is 5.97 Å². The number of hydrazine groups is 1. The van der Waals surface area contributed by atoms with Gasteiger partial charge in [-0.1, -0.05) is 33.3 Å². The highest BCUT2D eigenvalue weighted by Crippen LogP contribution is 2.39. The van der Waals surface area contributed by atoms with E-state index in [1.807, 2.05) is 0 Å². The molecule has 1 aliphatic carbocycles. The maximum atomic E-state index is 10.8. The van der Waals surface area contributed by atoms with Gasteiger partial charge in [0.05, 0.1) is 11.3 Å². The molecule has 0 amide bonds. The van der Waals surface area contributed by atoms with Gasteiger partial charge in [0, 0.05) is 5.70 Å². The van der Waals surface area contributed by atoms with Gasteiger partial charge in [-0.25, -0.2) is 4.79 Å². The van der Waals surface area contributed by atoms with Crippen LogP contribution < -0.4 is 10.9 Å². The summed E-state index contributed by atoms with van der Waals surface area (Å²) >= 11 is 0. The van der Waals surface area contributed by atoms with E-state index in [9.17, 15) is 4.79 Å². The Balaban J connectivity index is 1.86. The van der Waals surface area contributed by atoms with Gasteiger partial charge in [-0.15, -0.1) is 0 Å². The second-order valence-electron chi connectivity index (χ2n) is 6.68. The second-order valence-corrected chi connectivity index (χ2v) is 6.68. The Bertz CT molecular complexity index is 547. The predicted molar refractivity (Wildman–Crippen MR) is 89.7 cm³/mol. The molecule has 4 nitrogen and oxygen atoms in total. The number of hydrogen-bond acceptors (Lipinski definition) is 3. The molecule has 0 aliphatic heterocycles. The van der Waals surface area contributed by atoms with Crippen LogP contribution in [0.1, 0.15) is 56.8 Å². The predicted octanol–water partition coefficient (Wildman–Crippen LogP) is 4.42. The second kappa shape index (κ2) is 6.86. The lowest BCUT2D eigenvalue weighted by atomic mass is 9.71. The highest BCUT2D eigenvalue weighted by atomic mass is 16.4. The van der Waals surface area contributed by atoms with Crippen LogP contribution in [-0.4, -0.2) is 11.1 Å². The fourth-order valence-corrected chi connectivity index (χ4v) is 2.79. The Kier molecular flexibility index (Phi) is 5.11. The quantitative estimate of drug-likeness (QED) is 0.681. The van der Waals surface area contributed by atoms with Gasteiger partial charge >= 0.3 is 5.97 Å². The molecule has 0 saturated carbocycles. The lowest BCUT2D eigenvalue weighted by Crippen LogP contribution is -2.29. The van der Waals surface area contributed by atoms with Crippen LogP contribution in [0, 0.1) is 11.3 Å². The van der Waals surface area contributed by atoms with E-state index in [1.165, 1.54) is 18.5 Å². The van der Waals surface area contributed by atoms with Gasteiger partial charge in [0.1, 0.15) is 0 Å². The summed E-state index contributed by atoms with van der Waals surface area (Å²) < 4.78 is 0. The molecule has 4 heteroatoms. The zero-order valence-corrected chi connectivity index (χ0v) is 13.6. The van der Waals surface area contributed by atoms with Crippen molar-refractivity contribution in [3.05, 3.63) is 41.6 Å². The standard InChI is InChI=1S/C18H26N2O2/c1-4-18(2,3)14-7-11-16(12-8-14)20-19-15-9-5-13(6-10-15)17(21)22/h5-6,9-11,14,19-20H,4,7-8,12H2,1-3H3,(H,21,22)/t14-/m0/s1. The highest BCUT2D eigenvalue weighted by molar-refractivity contribution is 5.87. The van der Waals surface area contributed by atoms with E-state index in [1.54, 1.807) is 24.3 Å². The van der Waals surface area contributed by atoms with Crippen LogP contribution in [-0.2, 0) is 0 Å². The normalized spacial score (nSPS) is 18.5. The van der Waals surface area contributed by atoms with Gasteiger partial charge in [-0.2, -0.15) is 0 Å². The first kappa shape index (κ1) is 16.4. The molecule has 1 aliphatic rings. The topological polar surface area (TPSA) is 61.4 Å². The van der Waals surface area contributed by atoms with Crippen molar-refractivity contribution in [3.8, 4) is 0 Å². The van der Waals surface area contributed by atoms with E-state index in [2.05, 4.69) is 37.7 Å². The fraction of sp³-hybridized carbons (Fsp3) is 0.500. The third kappa shape index (κ3) is 4.03. The number of nitrogens with one attached hydrogen (secondary N) is 2. The van der Waals surface area contributed by atoms with E-state index >= 15 is 0 Å². The summed E-state index contributed by atoms with van der Waals surface area (Å²) in [6.45, 7) is 6.97. The summed E-state index contributed by atoms with van der Waals surface area (Å²) in [5.41, 5.74) is 9.16. The maximum absolute atomic E-state index is 10.8. The summed E-state index contributed by atoms with van der Waals surface area (Å²) in [5.74, 6) is -0.156. The number of carboxylic acid groups (broad SMARTS) is 1. The first-order chi connectivity index (χ1) is 10.4. The fourth-order valence-electron chi connectivity index (χ4n) is 2.79. The molecule has 1 aromatic carbocycles. The minimum atomic E-state index is -0.904. The third-order valence-corrected chi connectivity index (χ3v) is 4.93. The Morgan fingerprint density at radius 2 is 1.95 bits per heavy atom. The highest BCUT2D eigenvalue weighted by Gasteiger charge is 2.28. The Morgan fingerprint density at radius 1 is 1.27 bits per heavy atom. The van der Waals surface area contributed by atoms with Crippen LogP contribution in [0.2, 0.25) is 0 Å². The number of carboxylic acids is 1. The van der Waals surface area contributed by atoms with Crippen molar-refractivity contribution in [2.75, 3.05) is 5.43 Å². The van der Waals surface area contributed by atoms with Gasteiger partial charge in [0.15, 0.2) is 0 Å². The molecule has 0 bridgehead atoms. The van der Waals surface area contributed by atoms with Crippen molar-refractivity contribution in [1.29, 1.82) is 0 Å². The van der Waals surface area contributed by atoms with Crippen molar-refractivity contribution < 1.29 is 9.90 Å². The molecular weight excluding hydrogens is 276 g/mol. The number of allylic oxidation sites excluding steroid dienone is 2. The molecule has 1 atom stereocenters. The summed E-state index contributed by atoms with van der Waals surface area (Å²) in [5, 5.41) is 8.88. The SMILES string of the molecule is CCC(C)(C)[C@H]1CC=C(NNc2ccc(C(=O)O)cc2)CC1. The van der Waals surface area contributed by atoms with E-state index in [0.29, 0.717) is 11.0 Å². The van der Waals surface area contributed by atoms with Gasteiger partial charge in [0.25, 0.3) is 0 Å². The number of rotatable bonds is 6. The summed E-state index contributed by atoms with van der Waals surface area (Å²) in [4.78, 5) is 10.8. The van der Waals surface area contributed by atoms with Crippen LogP contribution >= 0.6 is 0 Å². The largest absolute Gasteiger partial charge is 0.478 e. The molecule has 2 rings (SSSR count). The van der Waals surface area contributed by atoms with Crippen molar-refractivity contribution in [2.45, 2.75) is 46.5 Å². The molecule has 0 heterocycles. The maximum Gasteiger partial charge on any atom is 0.335 e. The first-order valence-corrected chi connectivity index (χ1v) is 7.97. The summed E-state index contributed by atoms with van der Waals surface area (Å²) in [6.07, 6.45) is 6.86. The summed E-state index contributed by atoms with van der Waals surface area (Å²) in [7, 11) is 0. The van der Waals surface area contributed by atoms with Crippen LogP contribution in [0.3, 0.4) is 0 Å². The van der Waals surface area contributed by atoms with Crippen LogP contribution in [0.5, 0.6) is 0 Å². The molecule has 22 heavy (non-hydrogen) atoms. The minimum Gasteiger partial charge on any atom is -0.478 e. The monoisotopic (exact) mass is 302 g/mol. The van der Waals surface area contributed by atoms with Crippen LogP contribution in [0.4, 0.5) is 5.69 Å². The molecular formula is C18H26N2O2. The van der Waals surface area contributed by atoms with Gasteiger partial charge < -0.3 is 16.0 Å². The third-order valence-electron chi connectivity index (χ3n) is 4.93. The minimum absolute atomic E-state index is 0.298. The molecule has 1 aromatic rings. The lowest BCUT2D eigenvalue weighted by molar-refractivity contribution is 0.0697. The van der Waals surface area contributed by atoms with Crippen LogP contribution in [0.25, 0.3) is 0 Å². The zero-order valence-electron chi connectivity index (χ0n) is 13.6. The Hall–Kier alpha value is -1.97. The number of hydrogen-bond donors (Lipinski definition) is 3.